The fourth-order valence-electron chi connectivity index (χ4n) is 4.34. The number of carbonyl (C=O) groups is 1. The van der Waals surface area contributed by atoms with Crippen molar-refractivity contribution in [3.8, 4) is 28.5 Å². The van der Waals surface area contributed by atoms with Gasteiger partial charge in [0.2, 0.25) is 0 Å². The van der Waals surface area contributed by atoms with Gasteiger partial charge < -0.3 is 24.8 Å². The summed E-state index contributed by atoms with van der Waals surface area (Å²) in [5.41, 5.74) is 1.75. The van der Waals surface area contributed by atoms with Gasteiger partial charge in [0.15, 0.2) is 0 Å². The molecule has 8 nitrogen and oxygen atoms in total. The van der Waals surface area contributed by atoms with Crippen LogP contribution in [0.4, 0.5) is 8.78 Å². The Kier molecular flexibility index (Phi) is 6.72. The molecule has 2 aliphatic rings. The molecule has 0 bridgehead atoms. The number of methoxy groups -OCH3 is 1. The molecule has 2 fully saturated rings. The summed E-state index contributed by atoms with van der Waals surface area (Å²) in [5, 5.41) is 6.19. The number of halogens is 2. The molecular formula is C25H28F2N4O4. The Morgan fingerprint density at radius 1 is 1.26 bits per heavy atom. The van der Waals surface area contributed by atoms with Gasteiger partial charge in [-0.25, -0.2) is 4.98 Å². The van der Waals surface area contributed by atoms with Crippen molar-refractivity contribution in [2.75, 3.05) is 26.8 Å². The highest BCUT2D eigenvalue weighted by Gasteiger charge is 2.29. The van der Waals surface area contributed by atoms with Crippen LogP contribution in [0.25, 0.3) is 16.9 Å². The minimum Gasteiger partial charge on any atom is -0.496 e. The third-order valence-corrected chi connectivity index (χ3v) is 6.31. The third kappa shape index (κ3) is 5.32. The van der Waals surface area contributed by atoms with E-state index in [1.807, 2.05) is 22.7 Å². The molecule has 1 aliphatic carbocycles. The lowest BCUT2D eigenvalue weighted by Crippen LogP contribution is -2.33. The largest absolute Gasteiger partial charge is 0.496 e. The van der Waals surface area contributed by atoms with E-state index < -0.39 is 12.5 Å². The van der Waals surface area contributed by atoms with Crippen LogP contribution in [0.1, 0.15) is 36.0 Å². The monoisotopic (exact) mass is 486 g/mol. The van der Waals surface area contributed by atoms with Crippen molar-refractivity contribution in [2.45, 2.75) is 38.3 Å². The zero-order valence-electron chi connectivity index (χ0n) is 19.4. The van der Waals surface area contributed by atoms with E-state index in [-0.39, 0.29) is 23.1 Å². The highest BCUT2D eigenvalue weighted by molar-refractivity contribution is 6.01. The fourth-order valence-corrected chi connectivity index (χ4v) is 4.34. The van der Waals surface area contributed by atoms with Gasteiger partial charge in [0.1, 0.15) is 28.5 Å². The summed E-state index contributed by atoms with van der Waals surface area (Å²) in [6.45, 7) is -0.453. The normalized spacial score (nSPS) is 18.0. The molecule has 1 aliphatic heterocycles. The molecule has 3 heterocycles. The maximum atomic E-state index is 13.2. The summed E-state index contributed by atoms with van der Waals surface area (Å²) < 4.78 is 44.4. The highest BCUT2D eigenvalue weighted by Crippen LogP contribution is 2.37. The molecule has 1 saturated carbocycles. The first-order valence-corrected chi connectivity index (χ1v) is 11.8. The second kappa shape index (κ2) is 10.1. The second-order valence-corrected chi connectivity index (χ2v) is 8.94. The Bertz CT molecular complexity index is 1210. The zero-order chi connectivity index (χ0) is 24.4. The quantitative estimate of drug-likeness (QED) is 0.478. The molecule has 1 aromatic carbocycles. The van der Waals surface area contributed by atoms with E-state index in [4.69, 9.17) is 14.2 Å². The van der Waals surface area contributed by atoms with Crippen LogP contribution in [0, 0.1) is 5.92 Å². The van der Waals surface area contributed by atoms with Gasteiger partial charge in [0.05, 0.1) is 25.6 Å². The number of alkyl halides is 2. The molecule has 35 heavy (non-hydrogen) atoms. The average molecular weight is 487 g/mol. The molecule has 2 aromatic heterocycles. The van der Waals surface area contributed by atoms with Crippen molar-refractivity contribution in [2.24, 2.45) is 5.92 Å². The minimum atomic E-state index is -3.09. The lowest BCUT2D eigenvalue weighted by molar-refractivity contribution is -0.0502. The van der Waals surface area contributed by atoms with Gasteiger partial charge in [-0.3, -0.25) is 9.20 Å². The SMILES string of the molecule is COc1cc(-c2cnc3cc(OCC4CCCNC4)ccn23)cc(OC(F)F)c1C(=O)NC1CC1. The Hall–Kier alpha value is -3.40. The number of aromatic nitrogens is 2. The Morgan fingerprint density at radius 3 is 2.80 bits per heavy atom. The highest BCUT2D eigenvalue weighted by atomic mass is 19.3. The van der Waals surface area contributed by atoms with Gasteiger partial charge in [0.25, 0.3) is 5.91 Å². The summed E-state index contributed by atoms with van der Waals surface area (Å²) in [6, 6.07) is 6.78. The van der Waals surface area contributed by atoms with E-state index in [2.05, 4.69) is 15.6 Å². The van der Waals surface area contributed by atoms with Crippen molar-refractivity contribution in [1.82, 2.24) is 20.0 Å². The molecule has 3 aromatic rings. The van der Waals surface area contributed by atoms with Gasteiger partial charge in [0, 0.05) is 36.3 Å². The first-order valence-electron chi connectivity index (χ1n) is 11.8. The molecule has 1 unspecified atom stereocenters. The summed E-state index contributed by atoms with van der Waals surface area (Å²) in [6.07, 6.45) is 7.47. The number of hydrogen-bond donors (Lipinski definition) is 2. The Morgan fingerprint density at radius 2 is 2.09 bits per heavy atom. The molecule has 1 atom stereocenters. The molecule has 2 N–H and O–H groups in total. The number of hydrogen-bond acceptors (Lipinski definition) is 6. The number of imidazole rings is 1. The van der Waals surface area contributed by atoms with Crippen molar-refractivity contribution in [1.29, 1.82) is 0 Å². The van der Waals surface area contributed by atoms with E-state index in [0.717, 1.165) is 38.8 Å². The van der Waals surface area contributed by atoms with Crippen LogP contribution in [-0.2, 0) is 0 Å². The lowest BCUT2D eigenvalue weighted by atomic mass is 10.0. The molecule has 0 radical (unpaired) electrons. The number of pyridine rings is 1. The summed E-state index contributed by atoms with van der Waals surface area (Å²) >= 11 is 0. The summed E-state index contributed by atoms with van der Waals surface area (Å²) in [5.74, 6) is 0.591. The zero-order valence-corrected chi connectivity index (χ0v) is 19.4. The third-order valence-electron chi connectivity index (χ3n) is 6.31. The molecular weight excluding hydrogens is 458 g/mol. The second-order valence-electron chi connectivity index (χ2n) is 8.94. The van der Waals surface area contributed by atoms with Gasteiger partial charge in [-0.15, -0.1) is 0 Å². The van der Waals surface area contributed by atoms with Crippen LogP contribution in [0.15, 0.2) is 36.7 Å². The predicted octanol–water partition coefficient (Wildman–Crippen LogP) is 3.88. The molecule has 186 valence electrons. The summed E-state index contributed by atoms with van der Waals surface area (Å²) in [4.78, 5) is 17.2. The standard InChI is InChI=1S/C25H28F2N4O4/c1-33-20-9-16(10-21(35-25(26)27)23(20)24(32)30-17-4-5-17)19-13-29-22-11-18(6-8-31(19)22)34-14-15-3-2-7-28-12-15/h6,8-11,13,15,17,25,28H,2-5,7,12,14H2,1H3,(H,30,32). The van der Waals surface area contributed by atoms with Crippen molar-refractivity contribution >= 4 is 11.6 Å². The molecule has 10 heteroatoms. The van der Waals surface area contributed by atoms with Crippen molar-refractivity contribution in [3.63, 3.8) is 0 Å². The van der Waals surface area contributed by atoms with E-state index >= 15 is 0 Å². The fraction of sp³-hybridized carbons (Fsp3) is 0.440. The van der Waals surface area contributed by atoms with Crippen molar-refractivity contribution < 1.29 is 27.8 Å². The first-order chi connectivity index (χ1) is 17.0. The molecule has 1 saturated heterocycles. The Balaban J connectivity index is 1.44. The minimum absolute atomic E-state index is 0.0508. The van der Waals surface area contributed by atoms with Gasteiger partial charge in [-0.05, 0) is 50.4 Å². The van der Waals surface area contributed by atoms with E-state index in [9.17, 15) is 13.6 Å². The van der Waals surface area contributed by atoms with Crippen LogP contribution < -0.4 is 24.8 Å². The van der Waals surface area contributed by atoms with Crippen LogP contribution in [0.2, 0.25) is 0 Å². The number of ether oxygens (including phenoxy) is 3. The molecule has 1 amide bonds. The number of nitrogens with zero attached hydrogens (tertiary/aromatic N) is 2. The number of amides is 1. The molecule has 5 rings (SSSR count). The number of benzene rings is 1. The maximum Gasteiger partial charge on any atom is 0.387 e. The molecule has 0 spiro atoms. The van der Waals surface area contributed by atoms with Gasteiger partial charge in [-0.1, -0.05) is 0 Å². The van der Waals surface area contributed by atoms with E-state index in [1.54, 1.807) is 12.3 Å². The first kappa shape index (κ1) is 23.3. The van der Waals surface area contributed by atoms with Crippen LogP contribution in [0.3, 0.4) is 0 Å². The smallest absolute Gasteiger partial charge is 0.387 e. The van der Waals surface area contributed by atoms with E-state index in [1.165, 1.54) is 13.2 Å². The van der Waals surface area contributed by atoms with Crippen LogP contribution in [-0.4, -0.2) is 54.8 Å². The number of carbonyl (C=O) groups excluding carboxylic acids is 1. The lowest BCUT2D eigenvalue weighted by Gasteiger charge is -2.22. The Labute approximate surface area is 201 Å². The predicted molar refractivity (Wildman–Crippen MR) is 125 cm³/mol. The summed E-state index contributed by atoms with van der Waals surface area (Å²) in [7, 11) is 1.39. The van der Waals surface area contributed by atoms with Crippen LogP contribution >= 0.6 is 0 Å². The number of nitrogens with one attached hydrogen (secondary N) is 2. The van der Waals surface area contributed by atoms with Gasteiger partial charge in [-0.2, -0.15) is 8.78 Å². The number of rotatable bonds is 9. The number of piperidine rings is 1. The van der Waals surface area contributed by atoms with Crippen molar-refractivity contribution in [3.05, 3.63) is 42.2 Å². The maximum absolute atomic E-state index is 13.2. The number of fused-ring (bicyclic) bond motifs is 1. The van der Waals surface area contributed by atoms with Gasteiger partial charge >= 0.3 is 6.61 Å². The van der Waals surface area contributed by atoms with E-state index in [0.29, 0.717) is 35.2 Å². The average Bonchev–Trinajstić information content (AvgIpc) is 3.57. The topological polar surface area (TPSA) is 86.1 Å². The van der Waals surface area contributed by atoms with Crippen LogP contribution in [0.5, 0.6) is 17.2 Å².